The average Bonchev–Trinajstić information content (AvgIpc) is 3.12. The molecule has 0 unspecified atom stereocenters. The molecule has 1 aliphatic heterocycles. The molecule has 0 N–H and O–H groups in total. The van der Waals surface area contributed by atoms with Gasteiger partial charge in [0.1, 0.15) is 5.75 Å². The third-order valence-corrected chi connectivity index (χ3v) is 4.95. The van der Waals surface area contributed by atoms with Gasteiger partial charge < -0.3 is 19.0 Å². The molecule has 0 spiro atoms. The number of hydrogen-bond donors (Lipinski definition) is 0. The molecule has 27 heavy (non-hydrogen) atoms. The van der Waals surface area contributed by atoms with E-state index in [2.05, 4.69) is 15.9 Å². The second-order valence-electron chi connectivity index (χ2n) is 6.54. The van der Waals surface area contributed by atoms with Crippen LogP contribution in [0, 0.1) is 6.92 Å². The van der Waals surface area contributed by atoms with E-state index in [1.807, 2.05) is 36.1 Å². The van der Waals surface area contributed by atoms with Crippen molar-refractivity contribution in [2.75, 3.05) is 32.8 Å². The number of carbonyl (C=O) groups is 2. The van der Waals surface area contributed by atoms with E-state index in [1.54, 1.807) is 17.0 Å². The molecule has 2 amide bonds. The highest BCUT2D eigenvalue weighted by Crippen LogP contribution is 2.17. The van der Waals surface area contributed by atoms with Crippen molar-refractivity contribution < 1.29 is 18.7 Å². The summed E-state index contributed by atoms with van der Waals surface area (Å²) in [5.41, 5.74) is 1.19. The van der Waals surface area contributed by atoms with Gasteiger partial charge in [-0.25, -0.2) is 0 Å². The van der Waals surface area contributed by atoms with Crippen LogP contribution in [-0.2, 0) is 4.79 Å². The zero-order chi connectivity index (χ0) is 19.2. The first-order chi connectivity index (χ1) is 13.0. The van der Waals surface area contributed by atoms with E-state index >= 15 is 0 Å². The Morgan fingerprint density at radius 2 is 1.70 bits per heavy atom. The summed E-state index contributed by atoms with van der Waals surface area (Å²) in [5.74, 6) is 1.11. The van der Waals surface area contributed by atoms with Gasteiger partial charge in [-0.3, -0.25) is 9.59 Å². The van der Waals surface area contributed by atoms with Gasteiger partial charge in [-0.1, -0.05) is 17.7 Å². The molecule has 1 fully saturated rings. The molecule has 0 bridgehead atoms. The van der Waals surface area contributed by atoms with E-state index < -0.39 is 0 Å². The van der Waals surface area contributed by atoms with E-state index in [4.69, 9.17) is 9.15 Å². The second kappa shape index (κ2) is 9.08. The van der Waals surface area contributed by atoms with Crippen molar-refractivity contribution in [3.05, 3.63) is 52.4 Å². The van der Waals surface area contributed by atoms with Crippen LogP contribution in [0.1, 0.15) is 29.0 Å². The van der Waals surface area contributed by atoms with Crippen molar-refractivity contribution in [3.63, 3.8) is 0 Å². The van der Waals surface area contributed by atoms with Crippen LogP contribution >= 0.6 is 15.9 Å². The van der Waals surface area contributed by atoms with Crippen LogP contribution in [0.3, 0.4) is 0 Å². The molecule has 0 atom stereocenters. The fourth-order valence-corrected chi connectivity index (χ4v) is 3.26. The molecule has 6 nitrogen and oxygen atoms in total. The van der Waals surface area contributed by atoms with Gasteiger partial charge in [0.15, 0.2) is 10.4 Å². The van der Waals surface area contributed by atoms with Crippen molar-refractivity contribution in [1.29, 1.82) is 0 Å². The number of piperazine rings is 1. The maximum absolute atomic E-state index is 12.3. The molecule has 0 saturated carbocycles. The molecule has 0 radical (unpaired) electrons. The van der Waals surface area contributed by atoms with E-state index in [9.17, 15) is 9.59 Å². The SMILES string of the molecule is Cc1ccc(OCCCC(=O)N2CCN(C(=O)c3ccc(Br)o3)CC2)cc1. The Kier molecular flexibility index (Phi) is 6.55. The van der Waals surface area contributed by atoms with Crippen LogP contribution < -0.4 is 4.74 Å². The molecule has 1 aromatic heterocycles. The highest BCUT2D eigenvalue weighted by Gasteiger charge is 2.26. The van der Waals surface area contributed by atoms with Gasteiger partial charge in [0.2, 0.25) is 5.91 Å². The summed E-state index contributed by atoms with van der Waals surface area (Å²) in [6, 6.07) is 11.2. The smallest absolute Gasteiger partial charge is 0.289 e. The number of aryl methyl sites for hydroxylation is 1. The normalized spacial score (nSPS) is 14.3. The number of hydrogen-bond acceptors (Lipinski definition) is 4. The largest absolute Gasteiger partial charge is 0.494 e. The number of carbonyl (C=O) groups excluding carboxylic acids is 2. The summed E-state index contributed by atoms with van der Waals surface area (Å²) in [5, 5.41) is 0. The minimum absolute atomic E-state index is 0.107. The maximum atomic E-state index is 12.3. The van der Waals surface area contributed by atoms with Crippen molar-refractivity contribution >= 4 is 27.7 Å². The Morgan fingerprint density at radius 3 is 2.33 bits per heavy atom. The Bertz CT molecular complexity index is 780. The van der Waals surface area contributed by atoms with Gasteiger partial charge in [0.25, 0.3) is 5.91 Å². The van der Waals surface area contributed by atoms with Gasteiger partial charge in [-0.2, -0.15) is 0 Å². The minimum Gasteiger partial charge on any atom is -0.494 e. The van der Waals surface area contributed by atoms with Gasteiger partial charge in [0.05, 0.1) is 6.61 Å². The lowest BCUT2D eigenvalue weighted by molar-refractivity contribution is -0.132. The fourth-order valence-electron chi connectivity index (χ4n) is 2.95. The van der Waals surface area contributed by atoms with Crippen molar-refractivity contribution in [1.82, 2.24) is 9.80 Å². The van der Waals surface area contributed by atoms with Crippen LogP contribution in [0.25, 0.3) is 0 Å². The van der Waals surface area contributed by atoms with Gasteiger partial charge in [-0.15, -0.1) is 0 Å². The van der Waals surface area contributed by atoms with E-state index in [1.165, 1.54) is 5.56 Å². The number of benzene rings is 1. The summed E-state index contributed by atoms with van der Waals surface area (Å²) in [7, 11) is 0. The second-order valence-corrected chi connectivity index (χ2v) is 7.32. The number of amides is 2. The number of nitrogens with zero attached hydrogens (tertiary/aromatic N) is 2. The molecule has 3 rings (SSSR count). The molecule has 2 heterocycles. The van der Waals surface area contributed by atoms with E-state index in [-0.39, 0.29) is 11.8 Å². The van der Waals surface area contributed by atoms with Gasteiger partial charge in [-0.05, 0) is 53.5 Å². The lowest BCUT2D eigenvalue weighted by Crippen LogP contribution is -2.50. The Morgan fingerprint density at radius 1 is 1.04 bits per heavy atom. The maximum Gasteiger partial charge on any atom is 0.289 e. The lowest BCUT2D eigenvalue weighted by Gasteiger charge is -2.34. The highest BCUT2D eigenvalue weighted by atomic mass is 79.9. The number of furan rings is 1. The summed E-state index contributed by atoms with van der Waals surface area (Å²) >= 11 is 3.20. The first-order valence-corrected chi connectivity index (χ1v) is 9.84. The summed E-state index contributed by atoms with van der Waals surface area (Å²) in [4.78, 5) is 28.2. The fraction of sp³-hybridized carbons (Fsp3) is 0.400. The average molecular weight is 435 g/mol. The topological polar surface area (TPSA) is 63.0 Å². The molecule has 0 aliphatic carbocycles. The quantitative estimate of drug-likeness (QED) is 0.652. The predicted octanol–water partition coefficient (Wildman–Crippen LogP) is 3.49. The monoisotopic (exact) mass is 434 g/mol. The Hall–Kier alpha value is -2.28. The molecule has 2 aromatic rings. The standard InChI is InChI=1S/C20H23BrN2O4/c1-15-4-6-16(7-5-15)26-14-2-3-19(24)22-10-12-23(13-11-22)20(25)17-8-9-18(21)27-17/h4-9H,2-3,10-14H2,1H3. The molecule has 1 aliphatic rings. The Labute approximate surface area is 167 Å². The summed E-state index contributed by atoms with van der Waals surface area (Å²) in [6.45, 7) is 4.67. The zero-order valence-electron chi connectivity index (χ0n) is 15.3. The number of halogens is 1. The number of rotatable bonds is 6. The predicted molar refractivity (Wildman–Crippen MR) is 105 cm³/mol. The van der Waals surface area contributed by atoms with Crippen molar-refractivity contribution in [2.24, 2.45) is 0 Å². The van der Waals surface area contributed by atoms with E-state index in [0.717, 1.165) is 5.75 Å². The van der Waals surface area contributed by atoms with Crippen LogP contribution in [0.4, 0.5) is 0 Å². The number of ether oxygens (including phenoxy) is 1. The summed E-state index contributed by atoms with van der Waals surface area (Å²) in [6.07, 6.45) is 1.12. The van der Waals surface area contributed by atoms with Gasteiger partial charge in [0, 0.05) is 32.6 Å². The third-order valence-electron chi connectivity index (χ3n) is 4.53. The molecular formula is C20H23BrN2O4. The van der Waals surface area contributed by atoms with Crippen molar-refractivity contribution in [2.45, 2.75) is 19.8 Å². The summed E-state index contributed by atoms with van der Waals surface area (Å²) < 4.78 is 11.5. The molecule has 144 valence electrons. The highest BCUT2D eigenvalue weighted by molar-refractivity contribution is 9.10. The molecule has 1 saturated heterocycles. The van der Waals surface area contributed by atoms with Crippen LogP contribution in [0.2, 0.25) is 0 Å². The van der Waals surface area contributed by atoms with Crippen LogP contribution in [0.15, 0.2) is 45.5 Å². The lowest BCUT2D eigenvalue weighted by atomic mass is 10.2. The van der Waals surface area contributed by atoms with E-state index in [0.29, 0.717) is 56.1 Å². The molecular weight excluding hydrogens is 412 g/mol. The van der Waals surface area contributed by atoms with Gasteiger partial charge >= 0.3 is 0 Å². The van der Waals surface area contributed by atoms with Crippen LogP contribution in [0.5, 0.6) is 5.75 Å². The molecule has 1 aromatic carbocycles. The third kappa shape index (κ3) is 5.35. The first kappa shape index (κ1) is 19.5. The molecule has 7 heteroatoms. The minimum atomic E-state index is -0.140. The van der Waals surface area contributed by atoms with Crippen LogP contribution in [-0.4, -0.2) is 54.4 Å². The Balaban J connectivity index is 1.37. The zero-order valence-corrected chi connectivity index (χ0v) is 16.9. The first-order valence-electron chi connectivity index (χ1n) is 9.05. The van der Waals surface area contributed by atoms with Crippen molar-refractivity contribution in [3.8, 4) is 5.75 Å².